The minimum Gasteiger partial charge on any atom is -0.384 e. The van der Waals surface area contributed by atoms with E-state index in [1.54, 1.807) is 6.92 Å². The van der Waals surface area contributed by atoms with Crippen LogP contribution in [0.2, 0.25) is 0 Å². The van der Waals surface area contributed by atoms with Gasteiger partial charge in [-0.25, -0.2) is 13.4 Å². The van der Waals surface area contributed by atoms with Gasteiger partial charge >= 0.3 is 0 Å². The lowest BCUT2D eigenvalue weighted by atomic mass is 9.96. The summed E-state index contributed by atoms with van der Waals surface area (Å²) in [4.78, 5) is 4.33. The average molecular weight is 327 g/mol. The zero-order chi connectivity index (χ0) is 16.6. The van der Waals surface area contributed by atoms with Crippen LogP contribution >= 0.6 is 0 Å². The molecule has 0 aliphatic carbocycles. The van der Waals surface area contributed by atoms with Crippen LogP contribution in [-0.4, -0.2) is 51.1 Å². The predicted octanol–water partition coefficient (Wildman–Crippen LogP) is 0.494. The van der Waals surface area contributed by atoms with E-state index in [-0.39, 0.29) is 18.8 Å². The molecule has 3 N–H and O–H groups in total. The fourth-order valence-corrected chi connectivity index (χ4v) is 2.29. The highest BCUT2D eigenvalue weighted by molar-refractivity contribution is 7.90. The molecular weight excluding hydrogens is 302 g/mol. The van der Waals surface area contributed by atoms with E-state index in [1.165, 1.54) is 6.26 Å². The summed E-state index contributed by atoms with van der Waals surface area (Å²) in [6.07, 6.45) is 1.19. The number of benzene rings is 1. The highest BCUT2D eigenvalue weighted by atomic mass is 32.2. The summed E-state index contributed by atoms with van der Waals surface area (Å²) < 4.78 is 22.3. The summed E-state index contributed by atoms with van der Waals surface area (Å²) in [7, 11) is -3.02. The molecule has 0 saturated heterocycles. The van der Waals surface area contributed by atoms with E-state index in [0.29, 0.717) is 12.5 Å². The molecule has 0 bridgehead atoms. The summed E-state index contributed by atoms with van der Waals surface area (Å²) in [6, 6.07) is 9.31. The van der Waals surface area contributed by atoms with Crippen LogP contribution in [-0.2, 0) is 15.4 Å². The molecule has 7 heteroatoms. The van der Waals surface area contributed by atoms with Gasteiger partial charge in [-0.3, -0.25) is 0 Å². The van der Waals surface area contributed by atoms with Crippen molar-refractivity contribution in [3.8, 4) is 0 Å². The van der Waals surface area contributed by atoms with Gasteiger partial charge in [0.05, 0.1) is 12.3 Å². The van der Waals surface area contributed by atoms with Crippen LogP contribution in [0, 0.1) is 0 Å². The maximum absolute atomic E-state index is 11.1. The molecule has 6 nitrogen and oxygen atoms in total. The first-order valence-electron chi connectivity index (χ1n) is 7.22. The molecule has 0 heterocycles. The molecule has 1 aromatic rings. The lowest BCUT2D eigenvalue weighted by molar-refractivity contribution is 0.0672. The molecule has 1 aromatic carbocycles. The SMILES string of the molecule is CCNC(=NCC(C)(O)c1ccccc1)NCCS(C)(=O)=O. The van der Waals surface area contributed by atoms with Crippen LogP contribution in [0.25, 0.3) is 0 Å². The lowest BCUT2D eigenvalue weighted by Gasteiger charge is -2.22. The summed E-state index contributed by atoms with van der Waals surface area (Å²) >= 11 is 0. The van der Waals surface area contributed by atoms with Gasteiger partial charge in [0.1, 0.15) is 15.4 Å². The minimum atomic E-state index is -3.02. The van der Waals surface area contributed by atoms with Crippen molar-refractivity contribution in [1.29, 1.82) is 0 Å². The molecular formula is C15H25N3O3S. The molecule has 1 atom stereocenters. The van der Waals surface area contributed by atoms with Gasteiger partial charge in [0.25, 0.3) is 0 Å². The first kappa shape index (κ1) is 18.4. The predicted molar refractivity (Wildman–Crippen MR) is 89.7 cm³/mol. The van der Waals surface area contributed by atoms with Crippen LogP contribution in [0.5, 0.6) is 0 Å². The molecule has 1 unspecified atom stereocenters. The van der Waals surface area contributed by atoms with E-state index in [1.807, 2.05) is 37.3 Å². The van der Waals surface area contributed by atoms with E-state index in [0.717, 1.165) is 5.56 Å². The molecule has 0 radical (unpaired) electrons. The highest BCUT2D eigenvalue weighted by Gasteiger charge is 2.22. The van der Waals surface area contributed by atoms with E-state index < -0.39 is 15.4 Å². The maximum atomic E-state index is 11.1. The lowest BCUT2D eigenvalue weighted by Crippen LogP contribution is -2.40. The number of nitrogens with one attached hydrogen (secondary N) is 2. The number of sulfone groups is 1. The van der Waals surface area contributed by atoms with Crippen molar-refractivity contribution < 1.29 is 13.5 Å². The number of hydrogen-bond donors (Lipinski definition) is 3. The van der Waals surface area contributed by atoms with Gasteiger partial charge in [-0.2, -0.15) is 0 Å². The summed E-state index contributed by atoms with van der Waals surface area (Å²) in [5.41, 5.74) is -0.300. The largest absolute Gasteiger partial charge is 0.384 e. The number of hydrogen-bond acceptors (Lipinski definition) is 4. The molecule has 0 aromatic heterocycles. The third kappa shape index (κ3) is 6.91. The Kier molecular flexibility index (Phi) is 6.83. The van der Waals surface area contributed by atoms with E-state index in [9.17, 15) is 13.5 Å². The molecule has 0 aliphatic rings. The Hall–Kier alpha value is -1.60. The van der Waals surface area contributed by atoms with Crippen molar-refractivity contribution in [1.82, 2.24) is 10.6 Å². The third-order valence-electron chi connectivity index (χ3n) is 3.05. The normalized spacial score (nSPS) is 15.2. The summed E-state index contributed by atoms with van der Waals surface area (Å²) in [5, 5.41) is 16.5. The number of aliphatic hydroxyl groups is 1. The van der Waals surface area contributed by atoms with Gasteiger partial charge in [-0.05, 0) is 19.4 Å². The van der Waals surface area contributed by atoms with Crippen LogP contribution in [0.1, 0.15) is 19.4 Å². The Morgan fingerprint density at radius 1 is 1.27 bits per heavy atom. The van der Waals surface area contributed by atoms with Crippen molar-refractivity contribution in [3.63, 3.8) is 0 Å². The Balaban J connectivity index is 2.68. The minimum absolute atomic E-state index is 0.0342. The van der Waals surface area contributed by atoms with Gasteiger partial charge in [0, 0.05) is 19.3 Å². The van der Waals surface area contributed by atoms with Crippen LogP contribution in [0.15, 0.2) is 35.3 Å². The van der Waals surface area contributed by atoms with E-state index >= 15 is 0 Å². The molecule has 124 valence electrons. The van der Waals surface area contributed by atoms with Gasteiger partial charge < -0.3 is 15.7 Å². The Bertz CT molecular complexity index is 583. The average Bonchev–Trinajstić information content (AvgIpc) is 2.44. The molecule has 0 aliphatic heterocycles. The fraction of sp³-hybridized carbons (Fsp3) is 0.533. The molecule has 22 heavy (non-hydrogen) atoms. The van der Waals surface area contributed by atoms with Crippen molar-refractivity contribution >= 4 is 15.8 Å². The maximum Gasteiger partial charge on any atom is 0.191 e. The summed E-state index contributed by atoms with van der Waals surface area (Å²) in [6.45, 7) is 4.72. The van der Waals surface area contributed by atoms with Crippen molar-refractivity contribution in [2.24, 2.45) is 4.99 Å². The second-order valence-electron chi connectivity index (χ2n) is 5.39. The number of aliphatic imine (C=N–C) groups is 1. The standard InChI is InChI=1S/C15H25N3O3S/c1-4-16-14(17-10-11-22(3,20)21)18-12-15(2,19)13-8-6-5-7-9-13/h5-9,19H,4,10-12H2,1-3H3,(H2,16,17,18). The zero-order valence-corrected chi connectivity index (χ0v) is 14.2. The molecule has 0 spiro atoms. The summed E-state index contributed by atoms with van der Waals surface area (Å²) in [5.74, 6) is 0.523. The van der Waals surface area contributed by atoms with Gasteiger partial charge in [0.2, 0.25) is 0 Å². The quantitative estimate of drug-likeness (QED) is 0.501. The molecule has 1 rings (SSSR count). The zero-order valence-electron chi connectivity index (χ0n) is 13.3. The third-order valence-corrected chi connectivity index (χ3v) is 4.00. The highest BCUT2D eigenvalue weighted by Crippen LogP contribution is 2.20. The van der Waals surface area contributed by atoms with E-state index in [4.69, 9.17) is 0 Å². The van der Waals surface area contributed by atoms with Gasteiger partial charge in [-0.1, -0.05) is 30.3 Å². The van der Waals surface area contributed by atoms with Crippen molar-refractivity contribution in [2.45, 2.75) is 19.4 Å². The second-order valence-corrected chi connectivity index (χ2v) is 7.65. The topological polar surface area (TPSA) is 90.8 Å². The van der Waals surface area contributed by atoms with Crippen LogP contribution < -0.4 is 10.6 Å². The number of rotatable bonds is 7. The van der Waals surface area contributed by atoms with Gasteiger partial charge in [-0.15, -0.1) is 0 Å². The number of nitrogens with zero attached hydrogens (tertiary/aromatic N) is 1. The van der Waals surface area contributed by atoms with Crippen molar-refractivity contribution in [3.05, 3.63) is 35.9 Å². The van der Waals surface area contributed by atoms with E-state index in [2.05, 4.69) is 15.6 Å². The Labute approximate surface area is 132 Å². The first-order valence-corrected chi connectivity index (χ1v) is 9.28. The Morgan fingerprint density at radius 2 is 1.91 bits per heavy atom. The molecule has 0 saturated carbocycles. The van der Waals surface area contributed by atoms with Crippen LogP contribution in [0.4, 0.5) is 0 Å². The fourth-order valence-electron chi connectivity index (χ4n) is 1.82. The van der Waals surface area contributed by atoms with Gasteiger partial charge in [0.15, 0.2) is 5.96 Å². The second kappa shape index (κ2) is 8.14. The first-order chi connectivity index (χ1) is 10.2. The monoisotopic (exact) mass is 327 g/mol. The van der Waals surface area contributed by atoms with Crippen molar-refractivity contribution in [2.75, 3.05) is 31.6 Å². The molecule has 0 amide bonds. The molecule has 0 fully saturated rings. The Morgan fingerprint density at radius 3 is 2.45 bits per heavy atom. The number of guanidine groups is 1. The van der Waals surface area contributed by atoms with Crippen LogP contribution in [0.3, 0.4) is 0 Å². The smallest absolute Gasteiger partial charge is 0.191 e.